The lowest BCUT2D eigenvalue weighted by atomic mass is 10.1. The minimum absolute atomic E-state index is 0.116. The summed E-state index contributed by atoms with van der Waals surface area (Å²) in [6.45, 7) is 1.81. The number of nitrogens with one attached hydrogen (secondary N) is 1. The zero-order valence-electron chi connectivity index (χ0n) is 11.1. The maximum absolute atomic E-state index is 11.0. The summed E-state index contributed by atoms with van der Waals surface area (Å²) in [6.07, 6.45) is 0. The number of aryl methyl sites for hydroxylation is 1. The predicted molar refractivity (Wildman–Crippen MR) is 83.1 cm³/mol. The molecule has 0 bridgehead atoms. The number of amidine groups is 1. The van der Waals surface area contributed by atoms with Crippen LogP contribution in [0.3, 0.4) is 0 Å². The number of nitrogens with zero attached hydrogens (tertiary/aromatic N) is 1. The molecule has 0 amide bonds. The summed E-state index contributed by atoms with van der Waals surface area (Å²) in [5.41, 5.74) is 6.56. The van der Waals surface area contributed by atoms with Crippen LogP contribution in [0.15, 0.2) is 40.9 Å². The van der Waals surface area contributed by atoms with Crippen LogP contribution in [-0.2, 0) is 0 Å². The van der Waals surface area contributed by atoms with Crippen molar-refractivity contribution >= 4 is 27.5 Å². The molecule has 0 radical (unpaired) electrons. The van der Waals surface area contributed by atoms with Gasteiger partial charge in [0.15, 0.2) is 0 Å². The lowest BCUT2D eigenvalue weighted by molar-refractivity contribution is -0.385. The smallest absolute Gasteiger partial charge is 0.311 e. The molecule has 2 aromatic rings. The Morgan fingerprint density at radius 1 is 1.29 bits per heavy atom. The van der Waals surface area contributed by atoms with E-state index >= 15 is 0 Å². The molecule has 0 saturated carbocycles. The third-order valence-electron chi connectivity index (χ3n) is 2.76. The molecule has 0 unspecified atom stereocenters. The number of hydrogen-bond acceptors (Lipinski definition) is 4. The molecule has 7 heteroatoms. The van der Waals surface area contributed by atoms with Crippen LogP contribution in [0.25, 0.3) is 0 Å². The average molecular weight is 350 g/mol. The standard InChI is InChI=1S/C14H12BrN3O3/c1-8-2-4-11(18(19)20)13(6-8)21-12-5-3-9(15)7-10(12)14(16)17/h2-7H,1H3,(H3,16,17). The first-order chi connectivity index (χ1) is 9.88. The van der Waals surface area contributed by atoms with Crippen molar-refractivity contribution in [2.75, 3.05) is 0 Å². The Kier molecular flexibility index (Phi) is 4.23. The van der Waals surface area contributed by atoms with Crippen molar-refractivity contribution in [2.45, 2.75) is 6.92 Å². The highest BCUT2D eigenvalue weighted by Gasteiger charge is 2.17. The monoisotopic (exact) mass is 349 g/mol. The topological polar surface area (TPSA) is 102 Å². The SMILES string of the molecule is Cc1ccc([N+](=O)[O-])c(Oc2ccc(Br)cc2C(=N)N)c1. The molecule has 0 aliphatic rings. The van der Waals surface area contributed by atoms with Gasteiger partial charge >= 0.3 is 5.69 Å². The molecule has 108 valence electrons. The minimum Gasteiger partial charge on any atom is -0.449 e. The van der Waals surface area contributed by atoms with E-state index < -0.39 is 4.92 Å². The van der Waals surface area contributed by atoms with E-state index in [1.165, 1.54) is 6.07 Å². The van der Waals surface area contributed by atoms with Crippen molar-refractivity contribution in [1.82, 2.24) is 0 Å². The quantitative estimate of drug-likeness (QED) is 0.379. The first kappa shape index (κ1) is 15.0. The van der Waals surface area contributed by atoms with Gasteiger partial charge in [0, 0.05) is 10.5 Å². The Morgan fingerprint density at radius 2 is 2.00 bits per heavy atom. The second-order valence-corrected chi connectivity index (χ2v) is 5.30. The minimum atomic E-state index is -0.513. The molecule has 0 atom stereocenters. The molecule has 0 aromatic heterocycles. The van der Waals surface area contributed by atoms with Crippen LogP contribution >= 0.6 is 15.9 Å². The van der Waals surface area contributed by atoms with E-state index in [0.29, 0.717) is 11.3 Å². The first-order valence-corrected chi connectivity index (χ1v) is 6.74. The van der Waals surface area contributed by atoms with Gasteiger partial charge in [-0.3, -0.25) is 15.5 Å². The van der Waals surface area contributed by atoms with Gasteiger partial charge in [-0.15, -0.1) is 0 Å². The number of nitrogens with two attached hydrogens (primary N) is 1. The van der Waals surface area contributed by atoms with E-state index in [1.807, 2.05) is 6.92 Å². The molecular formula is C14H12BrN3O3. The zero-order valence-corrected chi connectivity index (χ0v) is 12.7. The molecule has 3 N–H and O–H groups in total. The number of nitrogen functional groups attached to an aromatic ring is 1. The van der Waals surface area contributed by atoms with Gasteiger partial charge in [-0.25, -0.2) is 0 Å². The lowest BCUT2D eigenvalue weighted by Crippen LogP contribution is -2.12. The summed E-state index contributed by atoms with van der Waals surface area (Å²) in [5.74, 6) is 0.228. The largest absolute Gasteiger partial charge is 0.449 e. The van der Waals surface area contributed by atoms with Gasteiger partial charge in [-0.1, -0.05) is 22.0 Å². The van der Waals surface area contributed by atoms with E-state index in [1.54, 1.807) is 30.3 Å². The predicted octanol–water partition coefficient (Wildman–Crippen LogP) is 3.74. The Hall–Kier alpha value is -2.41. The fourth-order valence-corrected chi connectivity index (χ4v) is 2.14. The van der Waals surface area contributed by atoms with Crippen LogP contribution in [0, 0.1) is 22.4 Å². The summed E-state index contributed by atoms with van der Waals surface area (Å²) in [7, 11) is 0. The van der Waals surface area contributed by atoms with Crippen LogP contribution in [-0.4, -0.2) is 10.8 Å². The molecule has 6 nitrogen and oxygen atoms in total. The van der Waals surface area contributed by atoms with E-state index in [-0.39, 0.29) is 17.3 Å². The highest BCUT2D eigenvalue weighted by Crippen LogP contribution is 2.34. The van der Waals surface area contributed by atoms with Gasteiger partial charge in [0.05, 0.1) is 10.5 Å². The molecule has 0 fully saturated rings. The van der Waals surface area contributed by atoms with Gasteiger partial charge < -0.3 is 10.5 Å². The number of rotatable bonds is 4. The van der Waals surface area contributed by atoms with E-state index in [0.717, 1.165) is 10.0 Å². The summed E-state index contributed by atoms with van der Waals surface area (Å²) in [6, 6.07) is 9.54. The zero-order chi connectivity index (χ0) is 15.6. The number of hydrogen-bond donors (Lipinski definition) is 2. The van der Waals surface area contributed by atoms with Crippen molar-refractivity contribution in [2.24, 2.45) is 5.73 Å². The second-order valence-electron chi connectivity index (χ2n) is 4.38. The highest BCUT2D eigenvalue weighted by molar-refractivity contribution is 9.10. The molecule has 0 saturated heterocycles. The van der Waals surface area contributed by atoms with E-state index in [9.17, 15) is 10.1 Å². The van der Waals surface area contributed by atoms with Gasteiger partial charge in [-0.2, -0.15) is 0 Å². The van der Waals surface area contributed by atoms with E-state index in [4.69, 9.17) is 15.9 Å². The molecule has 0 heterocycles. The molecule has 2 rings (SSSR count). The van der Waals surface area contributed by atoms with Crippen LogP contribution in [0.2, 0.25) is 0 Å². The van der Waals surface area contributed by atoms with Crippen molar-refractivity contribution < 1.29 is 9.66 Å². The Balaban J connectivity index is 2.50. The normalized spacial score (nSPS) is 10.2. The van der Waals surface area contributed by atoms with Crippen molar-refractivity contribution in [1.29, 1.82) is 5.41 Å². The van der Waals surface area contributed by atoms with Gasteiger partial charge in [0.1, 0.15) is 11.6 Å². The fourth-order valence-electron chi connectivity index (χ4n) is 1.77. The molecule has 0 aliphatic carbocycles. The number of halogens is 1. The summed E-state index contributed by atoms with van der Waals surface area (Å²) < 4.78 is 6.35. The van der Waals surface area contributed by atoms with Gasteiger partial charge in [0.25, 0.3) is 0 Å². The van der Waals surface area contributed by atoms with Crippen molar-refractivity contribution in [3.05, 3.63) is 62.1 Å². The first-order valence-electron chi connectivity index (χ1n) is 5.95. The van der Waals surface area contributed by atoms with Crippen LogP contribution < -0.4 is 10.5 Å². The van der Waals surface area contributed by atoms with Crippen LogP contribution in [0.5, 0.6) is 11.5 Å². The Morgan fingerprint density at radius 3 is 2.62 bits per heavy atom. The van der Waals surface area contributed by atoms with Crippen molar-refractivity contribution in [3.8, 4) is 11.5 Å². The molecule has 2 aromatic carbocycles. The number of ether oxygens (including phenoxy) is 1. The Bertz CT molecular complexity index is 731. The number of nitro groups is 1. The Labute approximate surface area is 129 Å². The fraction of sp³-hybridized carbons (Fsp3) is 0.0714. The molecule has 0 aliphatic heterocycles. The summed E-state index contributed by atoms with van der Waals surface area (Å²) in [5, 5.41) is 18.6. The summed E-state index contributed by atoms with van der Waals surface area (Å²) >= 11 is 3.28. The molecule has 21 heavy (non-hydrogen) atoms. The third kappa shape index (κ3) is 3.38. The van der Waals surface area contributed by atoms with Gasteiger partial charge in [-0.05, 0) is 36.8 Å². The number of nitro benzene ring substituents is 1. The molecular weight excluding hydrogens is 338 g/mol. The average Bonchev–Trinajstić information content (AvgIpc) is 2.40. The lowest BCUT2D eigenvalue weighted by Gasteiger charge is -2.11. The van der Waals surface area contributed by atoms with Crippen LogP contribution in [0.1, 0.15) is 11.1 Å². The molecule has 0 spiro atoms. The van der Waals surface area contributed by atoms with Crippen LogP contribution in [0.4, 0.5) is 5.69 Å². The van der Waals surface area contributed by atoms with E-state index in [2.05, 4.69) is 15.9 Å². The maximum Gasteiger partial charge on any atom is 0.311 e. The van der Waals surface area contributed by atoms with Crippen molar-refractivity contribution in [3.63, 3.8) is 0 Å². The van der Waals surface area contributed by atoms with Gasteiger partial charge in [0.2, 0.25) is 5.75 Å². The maximum atomic E-state index is 11.0. The second kappa shape index (κ2) is 5.92. The number of benzene rings is 2. The third-order valence-corrected chi connectivity index (χ3v) is 3.26. The summed E-state index contributed by atoms with van der Waals surface area (Å²) in [4.78, 5) is 10.5. The highest BCUT2D eigenvalue weighted by atomic mass is 79.9.